The maximum atomic E-state index is 13.5. The molecule has 3 rings (SSSR count). The number of carbonyl (C=O) groups is 2. The highest BCUT2D eigenvalue weighted by atomic mass is 32.2. The average molecular weight is 458 g/mol. The van der Waals surface area contributed by atoms with E-state index in [9.17, 15) is 18.0 Å². The second kappa shape index (κ2) is 9.56. The van der Waals surface area contributed by atoms with Gasteiger partial charge in [0.25, 0.3) is 10.0 Å². The van der Waals surface area contributed by atoms with Crippen molar-refractivity contribution >= 4 is 21.8 Å². The van der Waals surface area contributed by atoms with Crippen LogP contribution in [0.5, 0.6) is 5.75 Å². The van der Waals surface area contributed by atoms with Gasteiger partial charge in [-0.25, -0.2) is 13.2 Å². The normalized spacial score (nSPS) is 18.8. The lowest BCUT2D eigenvalue weighted by Gasteiger charge is -2.36. The Labute approximate surface area is 188 Å². The second-order valence-electron chi connectivity index (χ2n) is 7.87. The summed E-state index contributed by atoms with van der Waals surface area (Å²) >= 11 is 0. The molecule has 0 saturated carbocycles. The molecule has 0 unspecified atom stereocenters. The van der Waals surface area contributed by atoms with Crippen molar-refractivity contribution in [3.8, 4) is 5.75 Å². The molecule has 7 nitrogen and oxygen atoms in total. The SMILES string of the molecule is COc1ccc(S(=O)(=O)N2C[C@H](C(C)=O)[C@@H](c3ccccc3)C=C2C(=O)OC(C)C)cc1. The number of carbonyl (C=O) groups excluding carboxylic acids is 2. The minimum atomic E-state index is -4.13. The zero-order valence-electron chi connectivity index (χ0n) is 18.5. The van der Waals surface area contributed by atoms with Crippen molar-refractivity contribution in [1.82, 2.24) is 4.31 Å². The minimum Gasteiger partial charge on any atom is -0.497 e. The van der Waals surface area contributed by atoms with Gasteiger partial charge in [0.1, 0.15) is 17.2 Å². The van der Waals surface area contributed by atoms with Gasteiger partial charge in [-0.15, -0.1) is 0 Å². The first-order valence-corrected chi connectivity index (χ1v) is 11.7. The smallest absolute Gasteiger partial charge is 0.355 e. The number of methoxy groups -OCH3 is 1. The Morgan fingerprint density at radius 1 is 1.03 bits per heavy atom. The Bertz CT molecular complexity index is 1110. The van der Waals surface area contributed by atoms with Crippen molar-refractivity contribution in [2.75, 3.05) is 13.7 Å². The Morgan fingerprint density at radius 3 is 2.19 bits per heavy atom. The van der Waals surface area contributed by atoms with Crippen LogP contribution in [0.1, 0.15) is 32.3 Å². The van der Waals surface area contributed by atoms with Gasteiger partial charge >= 0.3 is 5.97 Å². The lowest BCUT2D eigenvalue weighted by atomic mass is 9.81. The van der Waals surface area contributed by atoms with E-state index in [1.165, 1.54) is 44.4 Å². The largest absolute Gasteiger partial charge is 0.497 e. The summed E-state index contributed by atoms with van der Waals surface area (Å²) < 4.78 is 38.5. The summed E-state index contributed by atoms with van der Waals surface area (Å²) in [5.74, 6) is -1.52. The van der Waals surface area contributed by atoms with Crippen LogP contribution in [0.4, 0.5) is 0 Å². The Morgan fingerprint density at radius 2 is 1.66 bits per heavy atom. The van der Waals surface area contributed by atoms with Gasteiger partial charge < -0.3 is 9.47 Å². The van der Waals surface area contributed by atoms with E-state index in [0.29, 0.717) is 5.75 Å². The molecular formula is C24H27NO6S. The first kappa shape index (κ1) is 23.5. The molecule has 2 aromatic rings. The molecule has 0 aromatic heterocycles. The van der Waals surface area contributed by atoms with Crippen molar-refractivity contribution in [1.29, 1.82) is 0 Å². The predicted molar refractivity (Wildman–Crippen MR) is 120 cm³/mol. The molecule has 1 aliphatic heterocycles. The fourth-order valence-electron chi connectivity index (χ4n) is 3.69. The lowest BCUT2D eigenvalue weighted by molar-refractivity contribution is -0.144. The molecular weight excluding hydrogens is 430 g/mol. The molecule has 0 fully saturated rings. The molecule has 1 heterocycles. The topological polar surface area (TPSA) is 90.0 Å². The van der Waals surface area contributed by atoms with Crippen LogP contribution < -0.4 is 4.74 Å². The molecule has 0 spiro atoms. The maximum Gasteiger partial charge on any atom is 0.355 e. The van der Waals surface area contributed by atoms with E-state index in [4.69, 9.17) is 9.47 Å². The number of ketones is 1. The lowest BCUT2D eigenvalue weighted by Crippen LogP contribution is -2.45. The number of sulfonamides is 1. The number of benzene rings is 2. The molecule has 8 heteroatoms. The van der Waals surface area contributed by atoms with Crippen LogP contribution in [0.15, 0.2) is 71.3 Å². The quantitative estimate of drug-likeness (QED) is 0.591. The molecule has 0 N–H and O–H groups in total. The van der Waals surface area contributed by atoms with Crippen LogP contribution in [0.2, 0.25) is 0 Å². The van der Waals surface area contributed by atoms with Gasteiger partial charge in [-0.1, -0.05) is 30.3 Å². The molecule has 2 atom stereocenters. The Balaban J connectivity index is 2.14. The highest BCUT2D eigenvalue weighted by molar-refractivity contribution is 7.89. The molecule has 2 aromatic carbocycles. The van der Waals surface area contributed by atoms with Crippen molar-refractivity contribution in [3.63, 3.8) is 0 Å². The van der Waals surface area contributed by atoms with Gasteiger partial charge in [0, 0.05) is 18.4 Å². The van der Waals surface area contributed by atoms with Crippen LogP contribution >= 0.6 is 0 Å². The van der Waals surface area contributed by atoms with E-state index < -0.39 is 33.9 Å². The van der Waals surface area contributed by atoms with E-state index in [1.54, 1.807) is 13.8 Å². The van der Waals surface area contributed by atoms with Crippen LogP contribution in [-0.2, 0) is 24.3 Å². The third-order valence-corrected chi connectivity index (χ3v) is 7.10. The van der Waals surface area contributed by atoms with Crippen molar-refractivity contribution < 1.29 is 27.5 Å². The summed E-state index contributed by atoms with van der Waals surface area (Å²) in [5, 5.41) is 0. The van der Waals surface area contributed by atoms with Crippen LogP contribution in [0.3, 0.4) is 0 Å². The summed E-state index contributed by atoms with van der Waals surface area (Å²) in [6, 6.07) is 15.1. The van der Waals surface area contributed by atoms with E-state index in [1.807, 2.05) is 30.3 Å². The number of hydrogen-bond acceptors (Lipinski definition) is 6. The number of ether oxygens (including phenoxy) is 2. The van der Waals surface area contributed by atoms with E-state index in [0.717, 1.165) is 9.87 Å². The summed E-state index contributed by atoms with van der Waals surface area (Å²) in [6.07, 6.45) is 1.10. The predicted octanol–water partition coefficient (Wildman–Crippen LogP) is 3.52. The molecule has 0 aliphatic carbocycles. The van der Waals surface area contributed by atoms with Gasteiger partial charge in [-0.3, -0.25) is 9.10 Å². The van der Waals surface area contributed by atoms with Gasteiger partial charge in [-0.05, 0) is 56.7 Å². The molecule has 0 saturated heterocycles. The first-order chi connectivity index (χ1) is 15.1. The van der Waals surface area contributed by atoms with Gasteiger partial charge in [0.15, 0.2) is 0 Å². The van der Waals surface area contributed by atoms with Gasteiger partial charge in [-0.2, -0.15) is 0 Å². The number of allylic oxidation sites excluding steroid dienone is 1. The van der Waals surface area contributed by atoms with Crippen LogP contribution in [-0.4, -0.2) is 44.2 Å². The minimum absolute atomic E-state index is 0.0120. The van der Waals surface area contributed by atoms with Gasteiger partial charge in [0.2, 0.25) is 0 Å². The summed E-state index contributed by atoms with van der Waals surface area (Å²) in [4.78, 5) is 25.5. The van der Waals surface area contributed by atoms with Crippen molar-refractivity contribution in [2.24, 2.45) is 5.92 Å². The maximum absolute atomic E-state index is 13.5. The zero-order chi connectivity index (χ0) is 23.5. The fraction of sp³-hybridized carbons (Fsp3) is 0.333. The molecule has 0 amide bonds. The van der Waals surface area contributed by atoms with E-state index in [-0.39, 0.29) is 22.9 Å². The Kier molecular flexibility index (Phi) is 7.03. The standard InChI is InChI=1S/C24H27NO6S/c1-16(2)31-24(27)23-14-21(18-8-6-5-7-9-18)22(17(3)26)15-25(23)32(28,29)20-12-10-19(30-4)11-13-20/h5-14,16,21-22H,15H2,1-4H3/t21-,22-/m1/s1. The number of hydrogen-bond donors (Lipinski definition) is 0. The number of Topliss-reactive ketones (excluding diaryl/α,β-unsaturated/α-hetero) is 1. The van der Waals surface area contributed by atoms with Crippen LogP contribution in [0.25, 0.3) is 0 Å². The number of esters is 1. The summed E-state index contributed by atoms with van der Waals surface area (Å²) in [6.45, 7) is 4.65. The second-order valence-corrected chi connectivity index (χ2v) is 9.73. The van der Waals surface area contributed by atoms with Gasteiger partial charge in [0.05, 0.1) is 18.1 Å². The molecule has 170 valence electrons. The zero-order valence-corrected chi connectivity index (χ0v) is 19.3. The molecule has 1 aliphatic rings. The Hall–Kier alpha value is -3.13. The highest BCUT2D eigenvalue weighted by Crippen LogP contribution is 2.37. The van der Waals surface area contributed by atoms with Crippen molar-refractivity contribution in [3.05, 3.63) is 71.9 Å². The summed E-state index contributed by atoms with van der Waals surface area (Å²) in [5.41, 5.74) is 0.727. The van der Waals surface area contributed by atoms with Crippen molar-refractivity contribution in [2.45, 2.75) is 37.7 Å². The van der Waals surface area contributed by atoms with Crippen LogP contribution in [0, 0.1) is 5.92 Å². The fourth-order valence-corrected chi connectivity index (χ4v) is 5.18. The molecule has 0 radical (unpaired) electrons. The van der Waals surface area contributed by atoms with E-state index >= 15 is 0 Å². The third-order valence-electron chi connectivity index (χ3n) is 5.31. The monoisotopic (exact) mass is 457 g/mol. The average Bonchev–Trinajstić information content (AvgIpc) is 2.78. The van der Waals surface area contributed by atoms with E-state index in [2.05, 4.69) is 0 Å². The first-order valence-electron chi connectivity index (χ1n) is 10.3. The third kappa shape index (κ3) is 4.85. The number of nitrogens with zero attached hydrogens (tertiary/aromatic N) is 1. The molecule has 0 bridgehead atoms. The molecule has 32 heavy (non-hydrogen) atoms. The number of rotatable bonds is 7. The summed E-state index contributed by atoms with van der Waals surface area (Å²) in [7, 11) is -2.65. The highest BCUT2D eigenvalue weighted by Gasteiger charge is 2.41.